The Kier molecular flexibility index (Phi) is 6.99. The molecule has 0 atom stereocenters. The molecule has 0 fully saturated rings. The SMILES string of the molecule is CC(C)(C)c1ccc(C2=C3C(c4ccccc4)=CC(c4ccccc4)=[N+]3C(F)(F)n3c(-c4ccccc4)cc(-c4ccccc4)c32)cc1. The number of halogens is 2. The van der Waals surface area contributed by atoms with Crippen LogP contribution in [-0.2, 0) is 11.6 Å². The monoisotopic (exact) mass is 629 g/mol. The number of rotatable bonds is 5. The van der Waals surface area contributed by atoms with Crippen LogP contribution in [0.5, 0.6) is 0 Å². The quantitative estimate of drug-likeness (QED) is 0.132. The fourth-order valence-electron chi connectivity index (χ4n) is 7.01. The third-order valence-corrected chi connectivity index (χ3v) is 9.36. The van der Waals surface area contributed by atoms with Crippen molar-refractivity contribution in [2.45, 2.75) is 32.4 Å². The highest BCUT2D eigenvalue weighted by Gasteiger charge is 2.60. The number of hydrogen-bond acceptors (Lipinski definition) is 0. The van der Waals surface area contributed by atoms with Crippen molar-refractivity contribution in [2.24, 2.45) is 0 Å². The maximum Gasteiger partial charge on any atom is 0.566 e. The number of nitrogens with zero attached hydrogens (tertiary/aromatic N) is 2. The second-order valence-electron chi connectivity index (χ2n) is 13.4. The summed E-state index contributed by atoms with van der Waals surface area (Å²) in [6, 6.07) is 49.3. The largest absolute Gasteiger partial charge is 0.566 e. The van der Waals surface area contributed by atoms with E-state index in [9.17, 15) is 0 Å². The van der Waals surface area contributed by atoms with Gasteiger partial charge in [0.05, 0.1) is 22.5 Å². The fourth-order valence-corrected chi connectivity index (χ4v) is 7.01. The molecule has 0 radical (unpaired) electrons. The molecule has 0 saturated carbocycles. The minimum absolute atomic E-state index is 0.0609. The predicted molar refractivity (Wildman–Crippen MR) is 192 cm³/mol. The van der Waals surface area contributed by atoms with Crippen molar-refractivity contribution < 1.29 is 13.4 Å². The van der Waals surface area contributed by atoms with Gasteiger partial charge in [-0.3, -0.25) is 0 Å². The summed E-state index contributed by atoms with van der Waals surface area (Å²) in [6.45, 7) is 6.56. The number of hydrogen-bond donors (Lipinski definition) is 0. The Balaban J connectivity index is 1.56. The molecule has 0 spiro atoms. The van der Waals surface area contributed by atoms with E-state index in [0.29, 0.717) is 22.8 Å². The van der Waals surface area contributed by atoms with Crippen molar-refractivity contribution in [2.75, 3.05) is 0 Å². The van der Waals surface area contributed by atoms with Crippen LogP contribution in [-0.4, -0.2) is 14.9 Å². The van der Waals surface area contributed by atoms with Crippen LogP contribution in [0, 0.1) is 0 Å². The molecule has 4 heteroatoms. The fraction of sp³-hybridized carbons (Fsp3) is 0.114. The molecule has 0 unspecified atom stereocenters. The van der Waals surface area contributed by atoms with Crippen molar-refractivity contribution in [3.05, 3.63) is 191 Å². The molecule has 2 nitrogen and oxygen atoms in total. The Labute approximate surface area is 280 Å². The molecule has 6 aromatic rings. The van der Waals surface area contributed by atoms with E-state index in [4.69, 9.17) is 0 Å². The summed E-state index contributed by atoms with van der Waals surface area (Å²) in [5.74, 6) is 0. The van der Waals surface area contributed by atoms with Crippen molar-refractivity contribution >= 4 is 16.9 Å². The summed E-state index contributed by atoms with van der Waals surface area (Å²) >= 11 is 0. The maximum absolute atomic E-state index is 18.0. The first-order chi connectivity index (χ1) is 23.2. The van der Waals surface area contributed by atoms with Gasteiger partial charge in [0.2, 0.25) is 11.4 Å². The highest BCUT2D eigenvalue weighted by atomic mass is 19.3. The van der Waals surface area contributed by atoms with Crippen LogP contribution in [0.4, 0.5) is 8.78 Å². The van der Waals surface area contributed by atoms with E-state index in [0.717, 1.165) is 44.5 Å². The van der Waals surface area contributed by atoms with Crippen LogP contribution in [0.1, 0.15) is 48.7 Å². The van der Waals surface area contributed by atoms with Crippen LogP contribution in [0.15, 0.2) is 163 Å². The Morgan fingerprint density at radius 3 is 1.60 bits per heavy atom. The molecule has 3 heterocycles. The Morgan fingerprint density at radius 1 is 0.562 bits per heavy atom. The molecule has 48 heavy (non-hydrogen) atoms. The Hall–Kier alpha value is -5.61. The Morgan fingerprint density at radius 2 is 1.06 bits per heavy atom. The molecule has 0 saturated heterocycles. The van der Waals surface area contributed by atoms with Gasteiger partial charge in [0.15, 0.2) is 0 Å². The zero-order valence-electron chi connectivity index (χ0n) is 27.2. The molecule has 5 aromatic carbocycles. The minimum Gasteiger partial charge on any atom is -0.218 e. The second-order valence-corrected chi connectivity index (χ2v) is 13.4. The molecule has 0 bridgehead atoms. The molecule has 0 aliphatic carbocycles. The van der Waals surface area contributed by atoms with Crippen molar-refractivity contribution in [3.63, 3.8) is 0 Å². The number of allylic oxidation sites excluding steroid dienone is 2. The van der Waals surface area contributed by atoms with Gasteiger partial charge < -0.3 is 0 Å². The standard InChI is InChI=1S/C44H35F2N2/c1-43(2,3)35-26-24-34(25-27-35)40-41-36(30-16-8-4-9-17-30)28-38(32-20-12-6-13-21-32)47(41)44(45,46)48-39(33-22-14-7-15-23-33)29-37(42(40)48)31-18-10-5-11-19-31/h4-29H,1-3H3/q+1. The van der Waals surface area contributed by atoms with Gasteiger partial charge in [-0.25, -0.2) is 4.57 Å². The van der Waals surface area contributed by atoms with E-state index in [-0.39, 0.29) is 5.41 Å². The van der Waals surface area contributed by atoms with Gasteiger partial charge >= 0.3 is 6.17 Å². The Bertz CT molecular complexity index is 2230. The van der Waals surface area contributed by atoms with E-state index in [1.54, 1.807) is 0 Å². The third kappa shape index (κ3) is 4.79. The zero-order valence-corrected chi connectivity index (χ0v) is 27.2. The van der Waals surface area contributed by atoms with Crippen LogP contribution in [0.2, 0.25) is 0 Å². The second kappa shape index (κ2) is 11.3. The highest BCUT2D eigenvalue weighted by Crippen LogP contribution is 2.53. The van der Waals surface area contributed by atoms with Crippen LogP contribution < -0.4 is 0 Å². The first-order valence-electron chi connectivity index (χ1n) is 16.3. The van der Waals surface area contributed by atoms with E-state index in [1.807, 2.05) is 133 Å². The molecule has 8 rings (SSSR count). The summed E-state index contributed by atoms with van der Waals surface area (Å²) in [5.41, 5.74) is 9.41. The van der Waals surface area contributed by atoms with Crippen LogP contribution in [0.3, 0.4) is 0 Å². The van der Waals surface area contributed by atoms with Gasteiger partial charge in [0, 0.05) is 17.2 Å². The van der Waals surface area contributed by atoms with E-state index < -0.39 is 6.17 Å². The lowest BCUT2D eigenvalue weighted by molar-refractivity contribution is -0.672. The number of benzene rings is 5. The van der Waals surface area contributed by atoms with E-state index in [1.165, 1.54) is 14.7 Å². The summed E-state index contributed by atoms with van der Waals surface area (Å²) in [4.78, 5) is 0. The van der Waals surface area contributed by atoms with Gasteiger partial charge in [0.25, 0.3) is 0 Å². The van der Waals surface area contributed by atoms with Crippen LogP contribution >= 0.6 is 0 Å². The summed E-state index contributed by atoms with van der Waals surface area (Å²) in [5, 5.41) is 0. The van der Waals surface area contributed by atoms with Gasteiger partial charge in [-0.05, 0) is 51.4 Å². The average molecular weight is 630 g/mol. The molecule has 0 N–H and O–H groups in total. The number of fused-ring (bicyclic) bond motifs is 2. The number of aromatic nitrogens is 1. The lowest BCUT2D eigenvalue weighted by Crippen LogP contribution is -2.43. The average Bonchev–Trinajstić information content (AvgIpc) is 3.72. The molecule has 1 aromatic heterocycles. The predicted octanol–water partition coefficient (Wildman–Crippen LogP) is 11.0. The van der Waals surface area contributed by atoms with Gasteiger partial charge in [-0.2, -0.15) is 0 Å². The van der Waals surface area contributed by atoms with Gasteiger partial charge in [0.1, 0.15) is 0 Å². The van der Waals surface area contributed by atoms with Crippen molar-refractivity contribution in [1.29, 1.82) is 0 Å². The maximum atomic E-state index is 18.0. The smallest absolute Gasteiger partial charge is 0.218 e. The lowest BCUT2D eigenvalue weighted by Gasteiger charge is -2.29. The summed E-state index contributed by atoms with van der Waals surface area (Å²) in [7, 11) is 0. The van der Waals surface area contributed by atoms with E-state index in [2.05, 4.69) is 45.0 Å². The molecular weight excluding hydrogens is 594 g/mol. The topological polar surface area (TPSA) is 7.94 Å². The molecular formula is C44H35F2N2+. The molecule has 2 aliphatic rings. The first kappa shape index (κ1) is 29.8. The highest BCUT2D eigenvalue weighted by molar-refractivity contribution is 6.16. The van der Waals surface area contributed by atoms with E-state index >= 15 is 8.78 Å². The molecule has 0 amide bonds. The van der Waals surface area contributed by atoms with Crippen LogP contribution in [0.25, 0.3) is 33.5 Å². The summed E-state index contributed by atoms with van der Waals surface area (Å²) in [6.07, 6.45) is -1.52. The third-order valence-electron chi connectivity index (χ3n) is 9.36. The molecule has 2 aliphatic heterocycles. The zero-order chi connectivity index (χ0) is 33.0. The first-order valence-corrected chi connectivity index (χ1v) is 16.3. The number of alkyl halides is 2. The summed E-state index contributed by atoms with van der Waals surface area (Å²) < 4.78 is 38.5. The minimum atomic E-state index is -3.46. The van der Waals surface area contributed by atoms with Crippen molar-refractivity contribution in [3.8, 4) is 22.4 Å². The van der Waals surface area contributed by atoms with Gasteiger partial charge in [-0.15, -0.1) is 13.4 Å². The van der Waals surface area contributed by atoms with Gasteiger partial charge in [-0.1, -0.05) is 154 Å². The molecule has 234 valence electrons. The normalized spacial score (nSPS) is 15.3. The van der Waals surface area contributed by atoms with Crippen molar-refractivity contribution in [1.82, 2.24) is 4.57 Å². The lowest BCUT2D eigenvalue weighted by atomic mass is 9.84.